The highest BCUT2D eigenvalue weighted by Crippen LogP contribution is 2.41. The Labute approximate surface area is 114 Å². The van der Waals surface area contributed by atoms with E-state index in [0.29, 0.717) is 17.4 Å². The van der Waals surface area contributed by atoms with E-state index in [0.717, 1.165) is 0 Å². The maximum atomic E-state index is 13.8. The lowest BCUT2D eigenvalue weighted by Gasteiger charge is -2.11. The second-order valence-corrected chi connectivity index (χ2v) is 4.69. The lowest BCUT2D eigenvalue weighted by Crippen LogP contribution is -2.12. The third kappa shape index (κ3) is 1.78. The lowest BCUT2D eigenvalue weighted by molar-refractivity contribution is 0.375. The van der Waals surface area contributed by atoms with E-state index in [1.54, 1.807) is 0 Å². The predicted octanol–water partition coefficient (Wildman–Crippen LogP) is 3.49. The van der Waals surface area contributed by atoms with Gasteiger partial charge in [0.15, 0.2) is 23.3 Å². The second-order valence-electron chi connectivity index (χ2n) is 4.36. The van der Waals surface area contributed by atoms with Crippen molar-refractivity contribution in [2.45, 2.75) is 18.8 Å². The van der Waals surface area contributed by atoms with Crippen LogP contribution in [0.2, 0.25) is 5.28 Å². The van der Waals surface area contributed by atoms with Crippen molar-refractivity contribution in [1.82, 2.24) is 14.8 Å². The molecule has 1 aliphatic rings. The maximum absolute atomic E-state index is 13.8. The number of hydrogen-bond donors (Lipinski definition) is 0. The van der Waals surface area contributed by atoms with Gasteiger partial charge in [-0.15, -0.1) is 10.2 Å². The van der Waals surface area contributed by atoms with E-state index in [9.17, 15) is 22.0 Å². The Kier molecular flexibility index (Phi) is 2.93. The monoisotopic (exact) mass is 309 g/mol. The van der Waals surface area contributed by atoms with Crippen LogP contribution in [0.1, 0.15) is 24.6 Å². The summed E-state index contributed by atoms with van der Waals surface area (Å²) >= 11 is 5.66. The van der Waals surface area contributed by atoms with Gasteiger partial charge in [0.1, 0.15) is 11.5 Å². The molecule has 1 fully saturated rings. The zero-order chi connectivity index (χ0) is 14.6. The molecule has 1 aromatic carbocycles. The van der Waals surface area contributed by atoms with Crippen molar-refractivity contribution in [2.75, 3.05) is 0 Å². The fraction of sp³-hybridized carbons (Fsp3) is 0.273. The van der Waals surface area contributed by atoms with Crippen LogP contribution in [-0.2, 0) is 0 Å². The Morgan fingerprint density at radius 1 is 0.850 bits per heavy atom. The quantitative estimate of drug-likeness (QED) is 0.483. The molecule has 0 aliphatic heterocycles. The molecule has 1 aliphatic carbocycles. The lowest BCUT2D eigenvalue weighted by atomic mass is 10.2. The molecule has 0 unspecified atom stereocenters. The molecule has 106 valence electrons. The summed E-state index contributed by atoms with van der Waals surface area (Å²) in [6.45, 7) is 0. The first-order valence-electron chi connectivity index (χ1n) is 5.56. The van der Waals surface area contributed by atoms with E-state index in [2.05, 4.69) is 10.2 Å². The molecule has 0 N–H and O–H groups in total. The van der Waals surface area contributed by atoms with Crippen molar-refractivity contribution >= 4 is 11.6 Å². The first kappa shape index (κ1) is 13.3. The van der Waals surface area contributed by atoms with Crippen LogP contribution in [0, 0.1) is 29.1 Å². The highest BCUT2D eigenvalue weighted by atomic mass is 35.5. The number of aromatic nitrogens is 3. The summed E-state index contributed by atoms with van der Waals surface area (Å²) in [5.74, 6) is -10.3. The molecule has 1 heterocycles. The SMILES string of the molecule is Fc1c(F)c(F)c(-n2c(Cl)nnc2C2CC2)c(F)c1F. The first-order valence-corrected chi connectivity index (χ1v) is 5.94. The fourth-order valence-corrected chi connectivity index (χ4v) is 2.09. The molecule has 2 aromatic rings. The summed E-state index contributed by atoms with van der Waals surface area (Å²) in [6.07, 6.45) is 1.37. The van der Waals surface area contributed by atoms with Crippen LogP contribution in [-0.4, -0.2) is 14.8 Å². The Balaban J connectivity index is 2.33. The Hall–Kier alpha value is -1.70. The smallest absolute Gasteiger partial charge is 0.229 e. The van der Waals surface area contributed by atoms with Gasteiger partial charge in [-0.1, -0.05) is 0 Å². The molecule has 1 aromatic heterocycles. The van der Waals surface area contributed by atoms with E-state index >= 15 is 0 Å². The van der Waals surface area contributed by atoms with Gasteiger partial charge in [0.25, 0.3) is 0 Å². The number of benzene rings is 1. The molecular formula is C11H5ClF5N3. The largest absolute Gasteiger partial charge is 0.263 e. The van der Waals surface area contributed by atoms with Crippen LogP contribution < -0.4 is 0 Å². The number of rotatable bonds is 2. The molecule has 0 atom stereocenters. The second kappa shape index (κ2) is 4.41. The minimum atomic E-state index is -2.22. The van der Waals surface area contributed by atoms with E-state index in [-0.39, 0.29) is 11.7 Å². The molecule has 1 saturated carbocycles. The summed E-state index contributed by atoms with van der Waals surface area (Å²) < 4.78 is 67.6. The molecule has 0 radical (unpaired) electrons. The summed E-state index contributed by atoms with van der Waals surface area (Å²) in [6, 6.07) is 0. The van der Waals surface area contributed by atoms with Gasteiger partial charge in [0.2, 0.25) is 11.1 Å². The van der Waals surface area contributed by atoms with Crippen LogP contribution in [0.25, 0.3) is 5.69 Å². The van der Waals surface area contributed by atoms with Crippen LogP contribution in [0.4, 0.5) is 22.0 Å². The van der Waals surface area contributed by atoms with Gasteiger partial charge in [-0.05, 0) is 24.4 Å². The van der Waals surface area contributed by atoms with Crippen molar-refractivity contribution in [3.8, 4) is 5.69 Å². The molecule has 20 heavy (non-hydrogen) atoms. The number of halogens is 6. The topological polar surface area (TPSA) is 30.7 Å². The molecule has 0 spiro atoms. The van der Waals surface area contributed by atoms with Gasteiger partial charge < -0.3 is 0 Å². The van der Waals surface area contributed by atoms with Crippen molar-refractivity contribution in [3.63, 3.8) is 0 Å². The number of hydrogen-bond acceptors (Lipinski definition) is 2. The summed E-state index contributed by atoms with van der Waals surface area (Å²) in [5.41, 5.74) is -1.15. The van der Waals surface area contributed by atoms with Crippen LogP contribution in [0.15, 0.2) is 0 Å². The van der Waals surface area contributed by atoms with E-state index in [1.807, 2.05) is 0 Å². The molecule has 3 nitrogen and oxygen atoms in total. The van der Waals surface area contributed by atoms with Crippen molar-refractivity contribution in [3.05, 3.63) is 40.2 Å². The highest BCUT2D eigenvalue weighted by Gasteiger charge is 2.35. The summed E-state index contributed by atoms with van der Waals surface area (Å²) in [7, 11) is 0. The predicted molar refractivity (Wildman–Crippen MR) is 58.1 cm³/mol. The van der Waals surface area contributed by atoms with Crippen LogP contribution >= 0.6 is 11.6 Å². The Morgan fingerprint density at radius 3 is 1.85 bits per heavy atom. The van der Waals surface area contributed by atoms with Crippen molar-refractivity contribution < 1.29 is 22.0 Å². The number of nitrogens with zero attached hydrogens (tertiary/aromatic N) is 3. The van der Waals surface area contributed by atoms with Crippen molar-refractivity contribution in [2.24, 2.45) is 0 Å². The Morgan fingerprint density at radius 2 is 1.35 bits per heavy atom. The first-order chi connectivity index (χ1) is 9.43. The summed E-state index contributed by atoms with van der Waals surface area (Å²) in [5, 5.41) is 6.59. The van der Waals surface area contributed by atoms with Gasteiger partial charge in [-0.3, -0.25) is 4.57 Å². The van der Waals surface area contributed by atoms with Gasteiger partial charge in [-0.2, -0.15) is 0 Å². The zero-order valence-electron chi connectivity index (χ0n) is 9.60. The molecule has 0 bridgehead atoms. The minimum absolute atomic E-state index is 0.0817. The van der Waals surface area contributed by atoms with Gasteiger partial charge >= 0.3 is 0 Å². The summed E-state index contributed by atoms with van der Waals surface area (Å²) in [4.78, 5) is 0. The van der Waals surface area contributed by atoms with E-state index in [1.165, 1.54) is 0 Å². The van der Waals surface area contributed by atoms with Crippen LogP contribution in [0.5, 0.6) is 0 Å². The standard InChI is InChI=1S/C11H5ClF5N3/c12-11-19-18-10(3-1-2-3)20(11)9-7(16)5(14)4(13)6(15)8(9)17/h3H,1-2H2. The normalized spacial score (nSPS) is 14.9. The average molecular weight is 310 g/mol. The highest BCUT2D eigenvalue weighted by molar-refractivity contribution is 6.28. The minimum Gasteiger partial charge on any atom is -0.263 e. The molecule has 0 amide bonds. The average Bonchev–Trinajstić information content (AvgIpc) is 3.20. The fourth-order valence-electron chi connectivity index (χ4n) is 1.88. The molecule has 9 heteroatoms. The van der Waals surface area contributed by atoms with E-state index < -0.39 is 40.1 Å². The third-order valence-corrected chi connectivity index (χ3v) is 3.25. The van der Waals surface area contributed by atoms with Gasteiger partial charge in [0.05, 0.1) is 0 Å². The maximum Gasteiger partial charge on any atom is 0.229 e. The van der Waals surface area contributed by atoms with Crippen LogP contribution in [0.3, 0.4) is 0 Å². The van der Waals surface area contributed by atoms with E-state index in [4.69, 9.17) is 11.6 Å². The molecular weight excluding hydrogens is 305 g/mol. The molecule has 0 saturated heterocycles. The third-order valence-electron chi connectivity index (χ3n) is 3.00. The van der Waals surface area contributed by atoms with Crippen molar-refractivity contribution in [1.29, 1.82) is 0 Å². The Bertz CT molecular complexity index is 682. The molecule has 3 rings (SSSR count). The van der Waals surface area contributed by atoms with Gasteiger partial charge in [0, 0.05) is 5.92 Å². The van der Waals surface area contributed by atoms with Gasteiger partial charge in [-0.25, -0.2) is 22.0 Å². The zero-order valence-corrected chi connectivity index (χ0v) is 10.4.